The normalized spacial score (nSPS) is 23.1. The molecule has 3 atom stereocenters. The minimum absolute atomic E-state index is 0.149. The lowest BCUT2D eigenvalue weighted by Crippen LogP contribution is -2.44. The van der Waals surface area contributed by atoms with Crippen LogP contribution in [-0.4, -0.2) is 54.1 Å². The van der Waals surface area contributed by atoms with Gasteiger partial charge >= 0.3 is 0 Å². The standard InChI is InChI=1S/C16H28N4/c1-4-15(17)16(13-7-5-9-18-11-13)20(3)12-14-8-6-10-19(14)2/h5,7,9,11,14-16H,4,6,8,10,12,17H2,1-3H3. The lowest BCUT2D eigenvalue weighted by molar-refractivity contribution is 0.157. The van der Waals surface area contributed by atoms with Crippen LogP contribution in [0.3, 0.4) is 0 Å². The molecular formula is C16H28N4. The van der Waals surface area contributed by atoms with E-state index in [0.717, 1.165) is 13.0 Å². The van der Waals surface area contributed by atoms with Crippen molar-refractivity contribution in [3.8, 4) is 0 Å². The van der Waals surface area contributed by atoms with E-state index in [-0.39, 0.29) is 12.1 Å². The van der Waals surface area contributed by atoms with Gasteiger partial charge in [0.15, 0.2) is 0 Å². The molecule has 20 heavy (non-hydrogen) atoms. The van der Waals surface area contributed by atoms with Crippen LogP contribution in [0.15, 0.2) is 24.5 Å². The van der Waals surface area contributed by atoms with E-state index in [1.165, 1.54) is 24.9 Å². The SMILES string of the molecule is CCC(N)C(c1cccnc1)N(C)CC1CCCN1C. The summed E-state index contributed by atoms with van der Waals surface area (Å²) in [7, 11) is 4.42. The third-order valence-electron chi connectivity index (χ3n) is 4.55. The van der Waals surface area contributed by atoms with Crippen molar-refractivity contribution in [2.45, 2.75) is 44.3 Å². The summed E-state index contributed by atoms with van der Waals surface area (Å²) < 4.78 is 0. The number of hydrogen-bond donors (Lipinski definition) is 1. The molecular weight excluding hydrogens is 248 g/mol. The summed E-state index contributed by atoms with van der Waals surface area (Å²) in [4.78, 5) is 9.14. The van der Waals surface area contributed by atoms with Crippen molar-refractivity contribution in [2.24, 2.45) is 5.73 Å². The van der Waals surface area contributed by atoms with Crippen molar-refractivity contribution in [1.82, 2.24) is 14.8 Å². The van der Waals surface area contributed by atoms with Gasteiger partial charge in [-0.25, -0.2) is 0 Å². The molecule has 4 nitrogen and oxygen atoms in total. The number of pyridine rings is 1. The lowest BCUT2D eigenvalue weighted by atomic mass is 9.97. The van der Waals surface area contributed by atoms with Gasteiger partial charge in [-0.2, -0.15) is 0 Å². The van der Waals surface area contributed by atoms with Gasteiger partial charge in [-0.1, -0.05) is 13.0 Å². The maximum absolute atomic E-state index is 6.38. The molecule has 0 amide bonds. The second kappa shape index (κ2) is 7.16. The average molecular weight is 276 g/mol. The molecule has 1 aliphatic rings. The van der Waals surface area contributed by atoms with E-state index in [0.29, 0.717) is 6.04 Å². The van der Waals surface area contributed by atoms with E-state index in [1.54, 1.807) is 0 Å². The molecule has 1 fully saturated rings. The van der Waals surface area contributed by atoms with Crippen molar-refractivity contribution >= 4 is 0 Å². The van der Waals surface area contributed by atoms with Crippen molar-refractivity contribution in [3.05, 3.63) is 30.1 Å². The van der Waals surface area contributed by atoms with E-state index in [2.05, 4.69) is 41.9 Å². The van der Waals surface area contributed by atoms with Crippen LogP contribution in [-0.2, 0) is 0 Å². The molecule has 1 saturated heterocycles. The first kappa shape index (κ1) is 15.4. The summed E-state index contributed by atoms with van der Waals surface area (Å²) >= 11 is 0. The molecule has 0 spiro atoms. The molecule has 1 aromatic rings. The predicted molar refractivity (Wildman–Crippen MR) is 83.5 cm³/mol. The summed E-state index contributed by atoms with van der Waals surface area (Å²) in [5.74, 6) is 0. The molecule has 2 rings (SSSR count). The highest BCUT2D eigenvalue weighted by molar-refractivity contribution is 5.16. The average Bonchev–Trinajstić information content (AvgIpc) is 2.85. The van der Waals surface area contributed by atoms with Crippen LogP contribution in [0.4, 0.5) is 0 Å². The lowest BCUT2D eigenvalue weighted by Gasteiger charge is -2.35. The molecule has 1 aliphatic heterocycles. The molecule has 4 heteroatoms. The van der Waals surface area contributed by atoms with Crippen LogP contribution < -0.4 is 5.73 Å². The summed E-state index contributed by atoms with van der Waals surface area (Å²) in [6, 6.07) is 5.20. The summed E-state index contributed by atoms with van der Waals surface area (Å²) in [6.07, 6.45) is 7.36. The van der Waals surface area contributed by atoms with Crippen molar-refractivity contribution in [1.29, 1.82) is 0 Å². The molecule has 0 aliphatic carbocycles. The molecule has 112 valence electrons. The van der Waals surface area contributed by atoms with E-state index in [4.69, 9.17) is 5.73 Å². The minimum Gasteiger partial charge on any atom is -0.326 e. The zero-order valence-corrected chi connectivity index (χ0v) is 13.0. The van der Waals surface area contributed by atoms with Gasteiger partial charge in [0, 0.05) is 31.0 Å². The Balaban J connectivity index is 2.10. The maximum Gasteiger partial charge on any atom is 0.0512 e. The fraction of sp³-hybridized carbons (Fsp3) is 0.688. The van der Waals surface area contributed by atoms with E-state index < -0.39 is 0 Å². The highest BCUT2D eigenvalue weighted by Crippen LogP contribution is 2.25. The third kappa shape index (κ3) is 3.57. The Bertz CT molecular complexity index is 395. The Morgan fingerprint density at radius 3 is 2.90 bits per heavy atom. The largest absolute Gasteiger partial charge is 0.326 e. The monoisotopic (exact) mass is 276 g/mol. The van der Waals surface area contributed by atoms with Crippen LogP contribution >= 0.6 is 0 Å². The molecule has 2 N–H and O–H groups in total. The number of rotatable bonds is 6. The summed E-state index contributed by atoms with van der Waals surface area (Å²) in [6.45, 7) is 4.45. The number of likely N-dealkylation sites (N-methyl/N-ethyl adjacent to an activating group) is 2. The Hall–Kier alpha value is -0.970. The first-order valence-electron chi connectivity index (χ1n) is 7.69. The molecule has 3 unspecified atom stereocenters. The number of nitrogens with two attached hydrogens (primary N) is 1. The second-order valence-electron chi connectivity index (χ2n) is 6.02. The van der Waals surface area contributed by atoms with Gasteiger partial charge in [-0.15, -0.1) is 0 Å². The van der Waals surface area contributed by atoms with Crippen molar-refractivity contribution in [3.63, 3.8) is 0 Å². The highest BCUT2D eigenvalue weighted by Gasteiger charge is 2.28. The van der Waals surface area contributed by atoms with Gasteiger partial charge in [0.25, 0.3) is 0 Å². The zero-order chi connectivity index (χ0) is 14.5. The Labute approximate surface area is 123 Å². The first-order valence-corrected chi connectivity index (χ1v) is 7.69. The van der Waals surface area contributed by atoms with Crippen molar-refractivity contribution in [2.75, 3.05) is 27.2 Å². The first-order chi connectivity index (χ1) is 9.63. The van der Waals surface area contributed by atoms with Gasteiger partial charge in [-0.3, -0.25) is 9.88 Å². The van der Waals surface area contributed by atoms with Gasteiger partial charge < -0.3 is 10.6 Å². The quantitative estimate of drug-likeness (QED) is 0.862. The highest BCUT2D eigenvalue weighted by atomic mass is 15.2. The van der Waals surface area contributed by atoms with Gasteiger partial charge in [-0.05, 0) is 51.5 Å². The minimum atomic E-state index is 0.149. The Kier molecular flexibility index (Phi) is 5.52. The predicted octanol–water partition coefficient (Wildman–Crippen LogP) is 1.89. The van der Waals surface area contributed by atoms with Gasteiger partial charge in [0.05, 0.1) is 6.04 Å². The molecule has 2 heterocycles. The number of hydrogen-bond acceptors (Lipinski definition) is 4. The van der Waals surface area contributed by atoms with Crippen molar-refractivity contribution < 1.29 is 0 Å². The summed E-state index contributed by atoms with van der Waals surface area (Å²) in [5.41, 5.74) is 7.60. The molecule has 1 aromatic heterocycles. The van der Waals surface area contributed by atoms with Crippen LogP contribution in [0, 0.1) is 0 Å². The fourth-order valence-electron chi connectivity index (χ4n) is 3.26. The van der Waals surface area contributed by atoms with Gasteiger partial charge in [0.2, 0.25) is 0 Å². The fourth-order valence-corrected chi connectivity index (χ4v) is 3.26. The second-order valence-corrected chi connectivity index (χ2v) is 6.02. The van der Waals surface area contributed by atoms with Crippen LogP contribution in [0.1, 0.15) is 37.8 Å². The molecule has 0 saturated carbocycles. The molecule has 0 radical (unpaired) electrons. The Morgan fingerprint density at radius 1 is 1.55 bits per heavy atom. The summed E-state index contributed by atoms with van der Waals surface area (Å²) in [5, 5.41) is 0. The number of likely N-dealkylation sites (tertiary alicyclic amines) is 1. The number of nitrogens with zero attached hydrogens (tertiary/aromatic N) is 3. The van der Waals surface area contributed by atoms with Crippen LogP contribution in [0.5, 0.6) is 0 Å². The van der Waals surface area contributed by atoms with E-state index in [1.807, 2.05) is 18.5 Å². The third-order valence-corrected chi connectivity index (χ3v) is 4.55. The Morgan fingerprint density at radius 2 is 2.35 bits per heavy atom. The van der Waals surface area contributed by atoms with Gasteiger partial charge in [0.1, 0.15) is 0 Å². The molecule has 0 bridgehead atoms. The van der Waals surface area contributed by atoms with E-state index in [9.17, 15) is 0 Å². The van der Waals surface area contributed by atoms with Crippen LogP contribution in [0.2, 0.25) is 0 Å². The van der Waals surface area contributed by atoms with Crippen LogP contribution in [0.25, 0.3) is 0 Å². The topological polar surface area (TPSA) is 45.4 Å². The smallest absolute Gasteiger partial charge is 0.0512 e. The number of aromatic nitrogens is 1. The molecule has 0 aromatic carbocycles. The van der Waals surface area contributed by atoms with E-state index >= 15 is 0 Å². The maximum atomic E-state index is 6.38. The zero-order valence-electron chi connectivity index (χ0n) is 13.0.